The van der Waals surface area contributed by atoms with E-state index in [2.05, 4.69) is 9.97 Å². The highest BCUT2D eigenvalue weighted by molar-refractivity contribution is 7.98. The van der Waals surface area contributed by atoms with Crippen LogP contribution in [-0.2, 0) is 6.18 Å². The molecule has 1 aromatic heterocycles. The molecule has 1 heterocycles. The van der Waals surface area contributed by atoms with Gasteiger partial charge in [-0.3, -0.25) is 0 Å². The van der Waals surface area contributed by atoms with Gasteiger partial charge in [0.2, 0.25) is 5.82 Å². The first-order chi connectivity index (χ1) is 8.25. The summed E-state index contributed by atoms with van der Waals surface area (Å²) in [5.41, 5.74) is 0. The fourth-order valence-electron chi connectivity index (χ4n) is 1.29. The third-order valence-corrected chi connectivity index (χ3v) is 3.37. The molecule has 3 nitrogen and oxygen atoms in total. The molecule has 0 fully saturated rings. The lowest BCUT2D eigenvalue weighted by Gasteiger charge is -2.25. The number of aromatic nitrogens is 2. The topological polar surface area (TPSA) is 29.0 Å². The van der Waals surface area contributed by atoms with Gasteiger partial charge < -0.3 is 4.90 Å². The minimum atomic E-state index is -4.59. The molecule has 0 radical (unpaired) electrons. The Bertz CT molecular complexity index is 414. The summed E-state index contributed by atoms with van der Waals surface area (Å²) in [6.45, 7) is 1.90. The Morgan fingerprint density at radius 1 is 1.44 bits per heavy atom. The maximum absolute atomic E-state index is 12.6. The first kappa shape index (κ1) is 15.4. The second-order valence-electron chi connectivity index (χ2n) is 3.79. The number of halogens is 4. The summed E-state index contributed by atoms with van der Waals surface area (Å²) in [7, 11) is 1.68. The summed E-state index contributed by atoms with van der Waals surface area (Å²) in [6.07, 6.45) is -2.67. The van der Waals surface area contributed by atoms with E-state index in [1.165, 1.54) is 6.07 Å². The molecule has 0 N–H and O–H groups in total. The van der Waals surface area contributed by atoms with Crippen molar-refractivity contribution in [3.63, 3.8) is 0 Å². The summed E-state index contributed by atoms with van der Waals surface area (Å²) in [6, 6.07) is 1.38. The number of hydrogen-bond acceptors (Lipinski definition) is 4. The van der Waals surface area contributed by atoms with E-state index in [4.69, 9.17) is 11.6 Å². The minimum absolute atomic E-state index is 0.0482. The van der Waals surface area contributed by atoms with Crippen molar-refractivity contribution in [1.82, 2.24) is 9.97 Å². The van der Waals surface area contributed by atoms with Crippen molar-refractivity contribution in [2.24, 2.45) is 0 Å². The monoisotopic (exact) mass is 299 g/mol. The first-order valence-electron chi connectivity index (χ1n) is 5.09. The van der Waals surface area contributed by atoms with E-state index < -0.39 is 12.0 Å². The van der Waals surface area contributed by atoms with Crippen molar-refractivity contribution in [2.45, 2.75) is 19.1 Å². The van der Waals surface area contributed by atoms with Gasteiger partial charge in [-0.1, -0.05) is 11.6 Å². The number of nitrogens with zero attached hydrogens (tertiary/aromatic N) is 3. The molecule has 0 aliphatic heterocycles. The van der Waals surface area contributed by atoms with E-state index in [0.29, 0.717) is 0 Å². The van der Waals surface area contributed by atoms with E-state index in [1.54, 1.807) is 23.7 Å². The summed E-state index contributed by atoms with van der Waals surface area (Å²) >= 11 is 7.21. The third kappa shape index (κ3) is 3.91. The molecule has 1 aromatic rings. The Morgan fingerprint density at radius 3 is 2.56 bits per heavy atom. The van der Waals surface area contributed by atoms with Crippen molar-refractivity contribution in [3.8, 4) is 0 Å². The summed E-state index contributed by atoms with van der Waals surface area (Å²) in [4.78, 5) is 8.35. The number of thioether (sulfide) groups is 1. The smallest absolute Gasteiger partial charge is 0.356 e. The molecule has 0 aliphatic carbocycles. The van der Waals surface area contributed by atoms with Crippen LogP contribution >= 0.6 is 23.4 Å². The largest absolute Gasteiger partial charge is 0.451 e. The van der Waals surface area contributed by atoms with Crippen LogP contribution in [0.5, 0.6) is 0 Å². The molecule has 102 valence electrons. The highest BCUT2D eigenvalue weighted by Gasteiger charge is 2.35. The van der Waals surface area contributed by atoms with E-state index in [9.17, 15) is 13.2 Å². The average molecular weight is 300 g/mol. The second kappa shape index (κ2) is 5.97. The summed E-state index contributed by atoms with van der Waals surface area (Å²) in [5, 5.41) is -0.212. The molecule has 18 heavy (non-hydrogen) atoms. The lowest BCUT2D eigenvalue weighted by atomic mass is 10.3. The van der Waals surface area contributed by atoms with Crippen molar-refractivity contribution in [2.75, 3.05) is 24.0 Å². The quantitative estimate of drug-likeness (QED) is 0.798. The van der Waals surface area contributed by atoms with Crippen molar-refractivity contribution < 1.29 is 13.2 Å². The molecule has 0 spiro atoms. The van der Waals surface area contributed by atoms with Gasteiger partial charge in [0.15, 0.2) is 0 Å². The third-order valence-electron chi connectivity index (χ3n) is 2.37. The van der Waals surface area contributed by atoms with Crippen LogP contribution in [-0.4, -0.2) is 35.1 Å². The lowest BCUT2D eigenvalue weighted by Crippen LogP contribution is -2.32. The van der Waals surface area contributed by atoms with Crippen molar-refractivity contribution >= 4 is 29.2 Å². The Hall–Kier alpha value is -0.690. The van der Waals surface area contributed by atoms with Gasteiger partial charge in [-0.2, -0.15) is 24.9 Å². The first-order valence-corrected chi connectivity index (χ1v) is 6.86. The van der Waals surface area contributed by atoms with Gasteiger partial charge >= 0.3 is 6.18 Å². The maximum atomic E-state index is 12.6. The Kier molecular flexibility index (Phi) is 5.10. The molecule has 0 amide bonds. The Labute approximate surface area is 113 Å². The standard InChI is InChI=1S/C10H13ClF3N3S/c1-6(5-18-3)17(2)8-4-7(11)15-9(16-8)10(12,13)14/h4,6H,5H2,1-3H3. The lowest BCUT2D eigenvalue weighted by molar-refractivity contribution is -0.144. The average Bonchev–Trinajstić information content (AvgIpc) is 2.26. The Balaban J connectivity index is 3.06. The van der Waals surface area contributed by atoms with Gasteiger partial charge in [-0.05, 0) is 13.2 Å². The molecular formula is C10H13ClF3N3S. The van der Waals surface area contributed by atoms with E-state index in [-0.39, 0.29) is 17.0 Å². The molecule has 0 saturated carbocycles. The van der Waals surface area contributed by atoms with Crippen LogP contribution in [0.2, 0.25) is 5.15 Å². The fraction of sp³-hybridized carbons (Fsp3) is 0.600. The van der Waals surface area contributed by atoms with Gasteiger partial charge in [0, 0.05) is 24.9 Å². The molecule has 0 saturated heterocycles. The number of rotatable bonds is 4. The minimum Gasteiger partial charge on any atom is -0.356 e. The van der Waals surface area contributed by atoms with Gasteiger partial charge in [0.25, 0.3) is 0 Å². The van der Waals surface area contributed by atoms with Crippen LogP contribution in [0.15, 0.2) is 6.07 Å². The zero-order valence-electron chi connectivity index (χ0n) is 10.1. The normalized spacial score (nSPS) is 13.5. The van der Waals surface area contributed by atoms with Crippen LogP contribution in [0.4, 0.5) is 19.0 Å². The summed E-state index contributed by atoms with van der Waals surface area (Å²) in [5.74, 6) is -0.267. The summed E-state index contributed by atoms with van der Waals surface area (Å²) < 4.78 is 37.7. The zero-order chi connectivity index (χ0) is 13.9. The molecule has 0 aromatic carbocycles. The van der Waals surface area contributed by atoms with Gasteiger partial charge in [0.1, 0.15) is 11.0 Å². The van der Waals surface area contributed by atoms with Crippen LogP contribution in [0.1, 0.15) is 12.7 Å². The molecule has 0 aliphatic rings. The van der Waals surface area contributed by atoms with Gasteiger partial charge in [0.05, 0.1) is 0 Å². The molecule has 1 unspecified atom stereocenters. The maximum Gasteiger partial charge on any atom is 0.451 e. The van der Waals surface area contributed by atoms with E-state index >= 15 is 0 Å². The number of anilines is 1. The van der Waals surface area contributed by atoms with Gasteiger partial charge in [-0.15, -0.1) is 0 Å². The highest BCUT2D eigenvalue weighted by atomic mass is 35.5. The molecule has 1 rings (SSSR count). The Morgan fingerprint density at radius 2 is 2.06 bits per heavy atom. The number of hydrogen-bond donors (Lipinski definition) is 0. The van der Waals surface area contributed by atoms with Gasteiger partial charge in [-0.25, -0.2) is 9.97 Å². The molecular weight excluding hydrogens is 287 g/mol. The van der Waals surface area contributed by atoms with Crippen LogP contribution in [0.25, 0.3) is 0 Å². The van der Waals surface area contributed by atoms with E-state index in [0.717, 1.165) is 5.75 Å². The molecule has 1 atom stereocenters. The second-order valence-corrected chi connectivity index (χ2v) is 5.08. The van der Waals surface area contributed by atoms with Crippen molar-refractivity contribution in [3.05, 3.63) is 17.0 Å². The van der Waals surface area contributed by atoms with Crippen molar-refractivity contribution in [1.29, 1.82) is 0 Å². The molecule has 8 heteroatoms. The number of alkyl halides is 3. The molecule has 0 bridgehead atoms. The predicted molar refractivity (Wildman–Crippen MR) is 68.3 cm³/mol. The van der Waals surface area contributed by atoms with Crippen LogP contribution in [0, 0.1) is 0 Å². The van der Waals surface area contributed by atoms with Crippen LogP contribution < -0.4 is 4.90 Å². The SMILES string of the molecule is CSCC(C)N(C)c1cc(Cl)nc(C(F)(F)F)n1. The van der Waals surface area contributed by atoms with Crippen LogP contribution in [0.3, 0.4) is 0 Å². The fourth-order valence-corrected chi connectivity index (χ4v) is 2.18. The highest BCUT2D eigenvalue weighted by Crippen LogP contribution is 2.29. The predicted octanol–water partition coefficient (Wildman–Crippen LogP) is 3.34. The van der Waals surface area contributed by atoms with E-state index in [1.807, 2.05) is 13.2 Å². The zero-order valence-corrected chi connectivity index (χ0v) is 11.7.